The lowest BCUT2D eigenvalue weighted by atomic mass is 10.0. The molecule has 0 radical (unpaired) electrons. The zero-order valence-electron chi connectivity index (χ0n) is 17.3. The minimum absolute atomic E-state index is 0.0113. The molecule has 3 unspecified atom stereocenters. The normalized spacial score (nSPS) is 17.3. The third kappa shape index (κ3) is 6.67. The molecule has 1 fully saturated rings. The number of likely N-dealkylation sites (tertiary alicyclic amines) is 1. The molecule has 4 amide bonds. The minimum atomic E-state index is -1.35. The Morgan fingerprint density at radius 2 is 1.75 bits per heavy atom. The molecule has 0 bridgehead atoms. The summed E-state index contributed by atoms with van der Waals surface area (Å²) in [6.07, 6.45) is 0.262. The molecule has 0 saturated carbocycles. The van der Waals surface area contributed by atoms with Crippen molar-refractivity contribution in [1.82, 2.24) is 15.5 Å². The van der Waals surface area contributed by atoms with Gasteiger partial charge in [0.2, 0.25) is 23.6 Å². The average Bonchev–Trinajstić information content (AvgIpc) is 3.23. The molecule has 174 valence electrons. The van der Waals surface area contributed by atoms with Crippen molar-refractivity contribution < 1.29 is 34.2 Å². The van der Waals surface area contributed by atoms with Crippen LogP contribution >= 0.6 is 0 Å². The van der Waals surface area contributed by atoms with Crippen LogP contribution in [0.4, 0.5) is 0 Å². The predicted molar refractivity (Wildman–Crippen MR) is 111 cm³/mol. The van der Waals surface area contributed by atoms with Gasteiger partial charge in [-0.1, -0.05) is 12.1 Å². The monoisotopic (exact) mass is 449 g/mol. The molecule has 0 aliphatic carbocycles. The second-order valence-electron chi connectivity index (χ2n) is 7.45. The Labute approximate surface area is 183 Å². The highest BCUT2D eigenvalue weighted by Crippen LogP contribution is 2.20. The molecular weight excluding hydrogens is 422 g/mol. The van der Waals surface area contributed by atoms with Gasteiger partial charge in [-0.2, -0.15) is 0 Å². The summed E-state index contributed by atoms with van der Waals surface area (Å²) in [5.74, 6) is -4.13. The summed E-state index contributed by atoms with van der Waals surface area (Å²) in [6, 6.07) is 2.37. The molecule has 12 nitrogen and oxygen atoms in total. The Kier molecular flexibility index (Phi) is 8.53. The number of phenols is 1. The van der Waals surface area contributed by atoms with Gasteiger partial charge in [-0.05, 0) is 30.5 Å². The Hall–Kier alpha value is -3.67. The molecule has 12 heteroatoms. The maximum Gasteiger partial charge on any atom is 0.326 e. The van der Waals surface area contributed by atoms with E-state index in [1.165, 1.54) is 17.0 Å². The Morgan fingerprint density at radius 1 is 1.09 bits per heavy atom. The molecule has 1 aromatic carbocycles. The third-order valence-corrected chi connectivity index (χ3v) is 5.05. The van der Waals surface area contributed by atoms with Gasteiger partial charge in [-0.3, -0.25) is 19.2 Å². The largest absolute Gasteiger partial charge is 0.508 e. The molecule has 0 aromatic heterocycles. The Balaban J connectivity index is 2.27. The molecule has 1 heterocycles. The lowest BCUT2D eigenvalue weighted by Crippen LogP contribution is -2.57. The first-order chi connectivity index (χ1) is 15.1. The molecule has 32 heavy (non-hydrogen) atoms. The zero-order valence-corrected chi connectivity index (χ0v) is 17.3. The number of hydrogen-bond donors (Lipinski definition) is 6. The van der Waals surface area contributed by atoms with E-state index in [1.807, 2.05) is 0 Å². The molecule has 1 saturated heterocycles. The number of carboxylic acids is 1. The number of primary amides is 1. The maximum absolute atomic E-state index is 13.2. The minimum Gasteiger partial charge on any atom is -0.508 e. The van der Waals surface area contributed by atoms with Crippen molar-refractivity contribution in [3.63, 3.8) is 0 Å². The van der Waals surface area contributed by atoms with Crippen LogP contribution in [0.3, 0.4) is 0 Å². The average molecular weight is 449 g/mol. The van der Waals surface area contributed by atoms with Gasteiger partial charge in [0.15, 0.2) is 0 Å². The molecule has 1 aliphatic heterocycles. The van der Waals surface area contributed by atoms with E-state index < -0.39 is 60.7 Å². The van der Waals surface area contributed by atoms with Crippen molar-refractivity contribution in [3.05, 3.63) is 29.8 Å². The summed E-state index contributed by atoms with van der Waals surface area (Å²) >= 11 is 0. The van der Waals surface area contributed by atoms with Crippen LogP contribution in [-0.2, 0) is 30.4 Å². The summed E-state index contributed by atoms with van der Waals surface area (Å²) in [5, 5.41) is 23.7. The number of rotatable bonds is 10. The number of carbonyl (C=O) groups is 5. The number of nitrogens with zero attached hydrogens (tertiary/aromatic N) is 1. The summed E-state index contributed by atoms with van der Waals surface area (Å²) < 4.78 is 0. The number of phenolic OH excluding ortho intramolecular Hbond substituents is 1. The van der Waals surface area contributed by atoms with E-state index in [9.17, 15) is 34.2 Å². The van der Waals surface area contributed by atoms with E-state index in [2.05, 4.69) is 10.6 Å². The van der Waals surface area contributed by atoms with Gasteiger partial charge in [0.05, 0.1) is 13.0 Å². The SMILES string of the molecule is NCC(=O)NC(CC(N)=O)C(=O)NC(Cc1ccc(O)cc1)C(=O)N1CCCC1C(=O)O. The first kappa shape index (κ1) is 24.6. The number of aliphatic carboxylic acids is 1. The second kappa shape index (κ2) is 11.1. The van der Waals surface area contributed by atoms with Crippen LogP contribution in [0.5, 0.6) is 5.75 Å². The molecule has 0 spiro atoms. The van der Waals surface area contributed by atoms with Gasteiger partial charge in [0, 0.05) is 13.0 Å². The zero-order chi connectivity index (χ0) is 23.8. The van der Waals surface area contributed by atoms with Crippen LogP contribution in [0.2, 0.25) is 0 Å². The van der Waals surface area contributed by atoms with Crippen molar-refractivity contribution in [2.24, 2.45) is 11.5 Å². The summed E-state index contributed by atoms with van der Waals surface area (Å²) in [7, 11) is 0. The van der Waals surface area contributed by atoms with E-state index in [0.717, 1.165) is 0 Å². The molecular formula is C20H27N5O7. The molecule has 2 rings (SSSR count). The standard InChI is InChI=1S/C20H27N5O7/c21-10-17(28)23-13(9-16(22)27)18(29)24-14(8-11-3-5-12(26)6-4-11)19(30)25-7-1-2-15(25)20(31)32/h3-6,13-15,26H,1-2,7-10,21H2,(H2,22,27)(H,23,28)(H,24,29)(H,31,32). The van der Waals surface area contributed by atoms with Gasteiger partial charge in [-0.25, -0.2) is 4.79 Å². The number of amides is 4. The number of benzene rings is 1. The van der Waals surface area contributed by atoms with Crippen molar-refractivity contribution in [1.29, 1.82) is 0 Å². The fourth-order valence-corrected chi connectivity index (χ4v) is 3.49. The van der Waals surface area contributed by atoms with Crippen molar-refractivity contribution in [2.75, 3.05) is 13.1 Å². The summed E-state index contributed by atoms with van der Waals surface area (Å²) in [4.78, 5) is 61.7. The number of carbonyl (C=O) groups excluding carboxylic acids is 4. The quantitative estimate of drug-likeness (QED) is 0.231. The van der Waals surface area contributed by atoms with Crippen molar-refractivity contribution in [3.8, 4) is 5.75 Å². The second-order valence-corrected chi connectivity index (χ2v) is 7.45. The number of aromatic hydroxyl groups is 1. The van der Waals surface area contributed by atoms with Crippen LogP contribution < -0.4 is 22.1 Å². The molecule has 1 aliphatic rings. The van der Waals surface area contributed by atoms with E-state index in [0.29, 0.717) is 12.0 Å². The third-order valence-electron chi connectivity index (χ3n) is 5.05. The van der Waals surface area contributed by atoms with Gasteiger partial charge in [-0.15, -0.1) is 0 Å². The van der Waals surface area contributed by atoms with Crippen LogP contribution in [0.25, 0.3) is 0 Å². The molecule has 8 N–H and O–H groups in total. The van der Waals surface area contributed by atoms with Crippen molar-refractivity contribution in [2.45, 2.75) is 43.8 Å². The molecule has 1 aromatic rings. The summed E-state index contributed by atoms with van der Waals surface area (Å²) in [5.41, 5.74) is 11.0. The number of nitrogens with one attached hydrogen (secondary N) is 2. The first-order valence-electron chi connectivity index (χ1n) is 10.0. The predicted octanol–water partition coefficient (Wildman–Crippen LogP) is -2.19. The van der Waals surface area contributed by atoms with E-state index in [1.54, 1.807) is 12.1 Å². The Morgan fingerprint density at radius 3 is 2.31 bits per heavy atom. The van der Waals surface area contributed by atoms with Gasteiger partial charge in [0.25, 0.3) is 0 Å². The number of carboxylic acid groups (broad SMARTS) is 1. The summed E-state index contributed by atoms with van der Waals surface area (Å²) in [6.45, 7) is -0.209. The van der Waals surface area contributed by atoms with E-state index in [4.69, 9.17) is 11.5 Å². The fourth-order valence-electron chi connectivity index (χ4n) is 3.49. The van der Waals surface area contributed by atoms with Crippen LogP contribution in [0, 0.1) is 0 Å². The first-order valence-corrected chi connectivity index (χ1v) is 10.0. The van der Waals surface area contributed by atoms with Gasteiger partial charge < -0.3 is 37.2 Å². The fraction of sp³-hybridized carbons (Fsp3) is 0.450. The lowest BCUT2D eigenvalue weighted by Gasteiger charge is -2.28. The smallest absolute Gasteiger partial charge is 0.326 e. The molecule has 3 atom stereocenters. The number of nitrogens with two attached hydrogens (primary N) is 2. The number of hydrogen-bond acceptors (Lipinski definition) is 7. The highest BCUT2D eigenvalue weighted by Gasteiger charge is 2.38. The maximum atomic E-state index is 13.2. The van der Waals surface area contributed by atoms with Crippen LogP contribution in [-0.4, -0.2) is 75.9 Å². The highest BCUT2D eigenvalue weighted by molar-refractivity contribution is 5.95. The van der Waals surface area contributed by atoms with E-state index >= 15 is 0 Å². The van der Waals surface area contributed by atoms with Crippen molar-refractivity contribution >= 4 is 29.6 Å². The van der Waals surface area contributed by atoms with Gasteiger partial charge in [0.1, 0.15) is 23.9 Å². The van der Waals surface area contributed by atoms with E-state index in [-0.39, 0.29) is 25.1 Å². The van der Waals surface area contributed by atoms with Crippen LogP contribution in [0.1, 0.15) is 24.8 Å². The topological polar surface area (TPSA) is 205 Å². The van der Waals surface area contributed by atoms with Gasteiger partial charge >= 0.3 is 5.97 Å². The lowest BCUT2D eigenvalue weighted by molar-refractivity contribution is -0.149. The van der Waals surface area contributed by atoms with Crippen LogP contribution in [0.15, 0.2) is 24.3 Å². The Bertz CT molecular complexity index is 874. The highest BCUT2D eigenvalue weighted by atomic mass is 16.4.